The van der Waals surface area contributed by atoms with Crippen molar-refractivity contribution in [2.75, 3.05) is 13.7 Å². The van der Waals surface area contributed by atoms with Crippen molar-refractivity contribution in [3.05, 3.63) is 30.1 Å². The first-order valence-electron chi connectivity index (χ1n) is 4.43. The maximum absolute atomic E-state index is 13.0. The van der Waals surface area contributed by atoms with Crippen molar-refractivity contribution in [3.8, 4) is 5.75 Å². The largest absolute Gasteiger partial charge is 0.490 e. The van der Waals surface area contributed by atoms with E-state index in [1.165, 1.54) is 19.2 Å². The molecule has 0 fully saturated rings. The predicted molar refractivity (Wildman–Crippen MR) is 51.7 cm³/mol. The zero-order chi connectivity index (χ0) is 11.1. The van der Waals surface area contributed by atoms with Crippen LogP contribution in [0.2, 0.25) is 0 Å². The molecule has 0 unspecified atom stereocenters. The van der Waals surface area contributed by atoms with Gasteiger partial charge in [0.05, 0.1) is 20.1 Å². The number of hydrogen-bond acceptors (Lipinski definition) is 3. The number of carbonyl (C=O) groups excluding carboxylic acids is 1. The third-order valence-corrected chi connectivity index (χ3v) is 1.64. The number of para-hydroxylation sites is 1. The smallest absolute Gasteiger partial charge is 0.246 e. The van der Waals surface area contributed by atoms with E-state index in [1.54, 1.807) is 12.1 Å². The van der Waals surface area contributed by atoms with Crippen LogP contribution < -0.4 is 10.2 Å². The number of nitrogens with one attached hydrogen (secondary N) is 1. The van der Waals surface area contributed by atoms with Gasteiger partial charge in [-0.05, 0) is 12.1 Å². The molecule has 0 aliphatic rings. The standard InChI is InChI=1S/C10H12FNO3/c1-14-12-10(13)6-7-15-9-5-3-2-4-8(9)11/h2-5H,6-7H2,1H3,(H,12,13). The summed E-state index contributed by atoms with van der Waals surface area (Å²) in [5, 5.41) is 0. The molecule has 0 aromatic heterocycles. The first-order valence-corrected chi connectivity index (χ1v) is 4.43. The second-order valence-electron chi connectivity index (χ2n) is 2.76. The minimum Gasteiger partial charge on any atom is -0.490 e. The molecular formula is C10H12FNO3. The van der Waals surface area contributed by atoms with Gasteiger partial charge in [0.15, 0.2) is 11.6 Å². The normalized spacial score (nSPS) is 9.73. The summed E-state index contributed by atoms with van der Waals surface area (Å²) in [5.41, 5.74) is 2.13. The molecule has 0 saturated carbocycles. The van der Waals surface area contributed by atoms with Crippen LogP contribution in [0.5, 0.6) is 5.75 Å². The molecule has 1 N–H and O–H groups in total. The number of ether oxygens (including phenoxy) is 1. The average molecular weight is 213 g/mol. The Morgan fingerprint density at radius 3 is 2.87 bits per heavy atom. The number of amides is 1. The van der Waals surface area contributed by atoms with E-state index in [0.29, 0.717) is 0 Å². The fraction of sp³-hybridized carbons (Fsp3) is 0.300. The Kier molecular flexibility index (Phi) is 4.56. The summed E-state index contributed by atoms with van der Waals surface area (Å²) < 4.78 is 18.1. The van der Waals surface area contributed by atoms with Gasteiger partial charge in [-0.15, -0.1) is 0 Å². The molecule has 4 nitrogen and oxygen atoms in total. The number of hydroxylamine groups is 1. The highest BCUT2D eigenvalue weighted by atomic mass is 19.1. The molecule has 1 amide bonds. The van der Waals surface area contributed by atoms with Crippen LogP contribution >= 0.6 is 0 Å². The van der Waals surface area contributed by atoms with Gasteiger partial charge < -0.3 is 4.74 Å². The molecule has 0 heterocycles. The fourth-order valence-electron chi connectivity index (χ4n) is 0.980. The number of benzene rings is 1. The molecule has 0 aliphatic heterocycles. The van der Waals surface area contributed by atoms with Crippen LogP contribution in [0.1, 0.15) is 6.42 Å². The van der Waals surface area contributed by atoms with E-state index < -0.39 is 5.82 Å². The van der Waals surface area contributed by atoms with Crippen LogP contribution in [-0.4, -0.2) is 19.6 Å². The Bertz CT molecular complexity index is 330. The van der Waals surface area contributed by atoms with Gasteiger partial charge in [0.25, 0.3) is 0 Å². The maximum atomic E-state index is 13.0. The lowest BCUT2D eigenvalue weighted by atomic mass is 10.3. The van der Waals surface area contributed by atoms with Gasteiger partial charge in [0.2, 0.25) is 5.91 Å². The van der Waals surface area contributed by atoms with Gasteiger partial charge in [-0.25, -0.2) is 9.87 Å². The Labute approximate surface area is 86.9 Å². The van der Waals surface area contributed by atoms with E-state index in [-0.39, 0.29) is 24.7 Å². The second-order valence-corrected chi connectivity index (χ2v) is 2.76. The lowest BCUT2D eigenvalue weighted by Crippen LogP contribution is -2.23. The molecule has 1 rings (SSSR count). The summed E-state index contributed by atoms with van der Waals surface area (Å²) in [6, 6.07) is 6.03. The third-order valence-electron chi connectivity index (χ3n) is 1.64. The van der Waals surface area contributed by atoms with Crippen molar-refractivity contribution in [2.45, 2.75) is 6.42 Å². The summed E-state index contributed by atoms with van der Waals surface area (Å²) in [6.45, 7) is 0.107. The van der Waals surface area contributed by atoms with E-state index in [9.17, 15) is 9.18 Å². The summed E-state index contributed by atoms with van der Waals surface area (Å²) in [4.78, 5) is 15.3. The van der Waals surface area contributed by atoms with E-state index in [4.69, 9.17) is 4.74 Å². The lowest BCUT2D eigenvalue weighted by Gasteiger charge is -2.06. The minimum absolute atomic E-state index is 0.107. The topological polar surface area (TPSA) is 47.6 Å². The highest BCUT2D eigenvalue weighted by Gasteiger charge is 2.03. The molecule has 0 atom stereocenters. The molecule has 0 bridgehead atoms. The summed E-state index contributed by atoms with van der Waals surface area (Å²) in [7, 11) is 1.34. The van der Waals surface area contributed by atoms with E-state index in [1.807, 2.05) is 0 Å². The van der Waals surface area contributed by atoms with Gasteiger partial charge in [0, 0.05) is 0 Å². The monoisotopic (exact) mass is 213 g/mol. The van der Waals surface area contributed by atoms with Gasteiger partial charge in [-0.1, -0.05) is 12.1 Å². The van der Waals surface area contributed by atoms with Crippen molar-refractivity contribution < 1.29 is 18.8 Å². The SMILES string of the molecule is CONC(=O)CCOc1ccccc1F. The van der Waals surface area contributed by atoms with E-state index in [2.05, 4.69) is 10.3 Å². The zero-order valence-electron chi connectivity index (χ0n) is 8.33. The minimum atomic E-state index is -0.440. The lowest BCUT2D eigenvalue weighted by molar-refractivity contribution is -0.131. The van der Waals surface area contributed by atoms with Crippen LogP contribution in [0, 0.1) is 5.82 Å². The molecule has 0 saturated heterocycles. The van der Waals surface area contributed by atoms with Crippen molar-refractivity contribution in [1.29, 1.82) is 0 Å². The first kappa shape index (κ1) is 11.5. The van der Waals surface area contributed by atoms with Gasteiger partial charge >= 0.3 is 0 Å². The Hall–Kier alpha value is -1.62. The number of halogens is 1. The van der Waals surface area contributed by atoms with Crippen molar-refractivity contribution in [2.24, 2.45) is 0 Å². The fourth-order valence-corrected chi connectivity index (χ4v) is 0.980. The number of hydrogen-bond donors (Lipinski definition) is 1. The van der Waals surface area contributed by atoms with Gasteiger partial charge in [-0.3, -0.25) is 9.63 Å². The molecule has 0 radical (unpaired) electrons. The molecule has 1 aromatic rings. The van der Waals surface area contributed by atoms with E-state index >= 15 is 0 Å². The Morgan fingerprint density at radius 1 is 1.47 bits per heavy atom. The molecule has 0 aliphatic carbocycles. The molecule has 5 heteroatoms. The Morgan fingerprint density at radius 2 is 2.20 bits per heavy atom. The molecule has 15 heavy (non-hydrogen) atoms. The van der Waals surface area contributed by atoms with Crippen LogP contribution in [-0.2, 0) is 9.63 Å². The van der Waals surface area contributed by atoms with Crippen molar-refractivity contribution >= 4 is 5.91 Å². The van der Waals surface area contributed by atoms with Crippen LogP contribution in [0.15, 0.2) is 24.3 Å². The predicted octanol–water partition coefficient (Wildman–Crippen LogP) is 1.27. The summed E-state index contributed by atoms with van der Waals surface area (Å²) in [5.74, 6) is -0.610. The van der Waals surface area contributed by atoms with Gasteiger partial charge in [0.1, 0.15) is 0 Å². The average Bonchev–Trinajstić information content (AvgIpc) is 2.21. The number of carbonyl (C=O) groups is 1. The summed E-state index contributed by atoms with van der Waals surface area (Å²) in [6.07, 6.45) is 0.113. The highest BCUT2D eigenvalue weighted by Crippen LogP contribution is 2.15. The van der Waals surface area contributed by atoms with Crippen LogP contribution in [0.3, 0.4) is 0 Å². The summed E-state index contributed by atoms with van der Waals surface area (Å²) >= 11 is 0. The second kappa shape index (κ2) is 5.98. The van der Waals surface area contributed by atoms with Crippen molar-refractivity contribution in [3.63, 3.8) is 0 Å². The molecule has 82 valence electrons. The number of rotatable bonds is 5. The van der Waals surface area contributed by atoms with Crippen LogP contribution in [0.4, 0.5) is 4.39 Å². The first-order chi connectivity index (χ1) is 7.24. The maximum Gasteiger partial charge on any atom is 0.246 e. The zero-order valence-corrected chi connectivity index (χ0v) is 8.33. The quantitative estimate of drug-likeness (QED) is 0.749. The molecule has 1 aromatic carbocycles. The van der Waals surface area contributed by atoms with Gasteiger partial charge in [-0.2, -0.15) is 0 Å². The molecule has 0 spiro atoms. The Balaban J connectivity index is 2.32. The van der Waals surface area contributed by atoms with Crippen molar-refractivity contribution in [1.82, 2.24) is 5.48 Å². The molecular weight excluding hydrogens is 201 g/mol. The van der Waals surface area contributed by atoms with E-state index in [0.717, 1.165) is 0 Å². The van der Waals surface area contributed by atoms with Crippen LogP contribution in [0.25, 0.3) is 0 Å². The third kappa shape index (κ3) is 3.95. The highest BCUT2D eigenvalue weighted by molar-refractivity contribution is 5.74.